The van der Waals surface area contributed by atoms with Gasteiger partial charge < -0.3 is 14.6 Å². The second kappa shape index (κ2) is 8.37. The first-order valence-electron chi connectivity index (χ1n) is 9.87. The molecule has 2 aliphatic heterocycles. The summed E-state index contributed by atoms with van der Waals surface area (Å²) >= 11 is 5.85. The van der Waals surface area contributed by atoms with Gasteiger partial charge in [0.2, 0.25) is 0 Å². The van der Waals surface area contributed by atoms with Crippen LogP contribution in [0.15, 0.2) is 41.3 Å². The predicted molar refractivity (Wildman–Crippen MR) is 107 cm³/mol. The summed E-state index contributed by atoms with van der Waals surface area (Å²) < 4.78 is 105. The SMILES string of the molecule is O=S(=O)(c1ccc(Cl)cc1)[C@@]12CCO[C@@H](CC(O)C(F)(F)F)C1COc1c(F)ccc(F)c12. The molecule has 1 N–H and O–H groups in total. The van der Waals surface area contributed by atoms with E-state index in [4.69, 9.17) is 21.1 Å². The van der Waals surface area contributed by atoms with Gasteiger partial charge in [-0.05, 0) is 42.8 Å². The van der Waals surface area contributed by atoms with Gasteiger partial charge >= 0.3 is 6.18 Å². The van der Waals surface area contributed by atoms with Crippen molar-refractivity contribution in [3.63, 3.8) is 0 Å². The van der Waals surface area contributed by atoms with Crippen LogP contribution in [-0.2, 0) is 19.3 Å². The fraction of sp³-hybridized carbons (Fsp3) is 0.429. The molecule has 0 aromatic heterocycles. The molecule has 0 radical (unpaired) electrons. The average Bonchev–Trinajstić information content (AvgIpc) is 2.75. The van der Waals surface area contributed by atoms with Gasteiger partial charge in [-0.15, -0.1) is 0 Å². The van der Waals surface area contributed by atoms with Gasteiger partial charge in [0, 0.05) is 24.0 Å². The summed E-state index contributed by atoms with van der Waals surface area (Å²) in [6.45, 7) is -0.927. The Morgan fingerprint density at radius 1 is 1.12 bits per heavy atom. The van der Waals surface area contributed by atoms with E-state index in [0.29, 0.717) is 0 Å². The molecule has 5 nitrogen and oxygen atoms in total. The molecule has 0 aliphatic carbocycles. The Labute approximate surface area is 191 Å². The van der Waals surface area contributed by atoms with E-state index in [1.807, 2.05) is 0 Å². The molecule has 2 aromatic carbocycles. The van der Waals surface area contributed by atoms with E-state index in [9.17, 15) is 31.1 Å². The molecule has 1 fully saturated rings. The third-order valence-corrected chi connectivity index (χ3v) is 8.99. The van der Waals surface area contributed by atoms with Crippen LogP contribution in [-0.4, -0.2) is 45.1 Å². The van der Waals surface area contributed by atoms with E-state index >= 15 is 4.39 Å². The van der Waals surface area contributed by atoms with Crippen LogP contribution in [0.5, 0.6) is 5.75 Å². The highest BCUT2D eigenvalue weighted by molar-refractivity contribution is 7.92. The van der Waals surface area contributed by atoms with Crippen LogP contribution in [0.2, 0.25) is 5.02 Å². The maximum absolute atomic E-state index is 15.2. The number of rotatable bonds is 4. The van der Waals surface area contributed by atoms with Crippen LogP contribution in [0.1, 0.15) is 18.4 Å². The quantitative estimate of drug-likeness (QED) is 0.615. The highest BCUT2D eigenvalue weighted by Crippen LogP contribution is 2.56. The summed E-state index contributed by atoms with van der Waals surface area (Å²) in [4.78, 5) is -0.273. The second-order valence-electron chi connectivity index (χ2n) is 7.95. The van der Waals surface area contributed by atoms with Gasteiger partial charge in [0.05, 0.1) is 23.2 Å². The molecule has 0 amide bonds. The molecule has 0 bridgehead atoms. The summed E-state index contributed by atoms with van der Waals surface area (Å²) in [6, 6.07) is 6.49. The van der Waals surface area contributed by atoms with Crippen LogP contribution >= 0.6 is 11.6 Å². The Hall–Kier alpha value is -1.95. The molecule has 4 atom stereocenters. The lowest BCUT2D eigenvalue weighted by Crippen LogP contribution is -2.58. The molecular weight excluding hydrogens is 495 g/mol. The summed E-state index contributed by atoms with van der Waals surface area (Å²) in [6.07, 6.45) is -10.6. The predicted octanol–water partition coefficient (Wildman–Crippen LogP) is 4.40. The fourth-order valence-corrected chi connectivity index (χ4v) is 7.11. The van der Waals surface area contributed by atoms with Gasteiger partial charge in [-0.2, -0.15) is 13.2 Å². The normalized spacial score (nSPS) is 26.2. The fourth-order valence-electron chi connectivity index (χ4n) is 4.64. The Kier molecular flexibility index (Phi) is 6.13. The van der Waals surface area contributed by atoms with Crippen molar-refractivity contribution in [2.45, 2.75) is 40.9 Å². The molecule has 2 aromatic rings. The van der Waals surface area contributed by atoms with Gasteiger partial charge in [0.25, 0.3) is 0 Å². The number of halogens is 6. The van der Waals surface area contributed by atoms with Crippen molar-refractivity contribution in [2.24, 2.45) is 5.92 Å². The Balaban J connectivity index is 1.94. The monoisotopic (exact) mass is 512 g/mol. The molecule has 2 heterocycles. The smallest absolute Gasteiger partial charge is 0.414 e. The van der Waals surface area contributed by atoms with Gasteiger partial charge in [-0.25, -0.2) is 17.2 Å². The molecular formula is C21H18ClF5O5S. The Morgan fingerprint density at radius 3 is 2.39 bits per heavy atom. The number of aliphatic hydroxyl groups is 1. The standard InChI is InChI=1S/C21H18ClF5O5S/c22-11-1-3-12(4-2-11)33(29,30)20-7-8-31-16(9-17(28)21(25,26)27)13(20)10-32-19-15(24)6-5-14(23)18(19)20/h1-6,13,16-17,28H,7-10H2/t13?,16-,17?,20-/m0/s1. The molecule has 12 heteroatoms. The lowest BCUT2D eigenvalue weighted by atomic mass is 9.74. The first kappa shape index (κ1) is 24.2. The van der Waals surface area contributed by atoms with E-state index in [1.54, 1.807) is 0 Å². The summed E-state index contributed by atoms with van der Waals surface area (Å²) in [5.41, 5.74) is -0.594. The molecule has 0 spiro atoms. The molecule has 4 rings (SSSR count). The molecule has 33 heavy (non-hydrogen) atoms. The molecule has 0 saturated carbocycles. The Bertz CT molecular complexity index is 1150. The number of benzene rings is 2. The van der Waals surface area contributed by atoms with Gasteiger partial charge in [-0.3, -0.25) is 0 Å². The highest BCUT2D eigenvalue weighted by atomic mass is 35.5. The maximum Gasteiger partial charge on any atom is 0.414 e. The highest BCUT2D eigenvalue weighted by Gasteiger charge is 2.62. The molecule has 180 valence electrons. The largest absolute Gasteiger partial charge is 0.490 e. The Morgan fingerprint density at radius 2 is 1.76 bits per heavy atom. The van der Waals surface area contributed by atoms with Crippen LogP contribution in [0, 0.1) is 17.6 Å². The minimum atomic E-state index is -4.98. The third-order valence-electron chi connectivity index (χ3n) is 6.18. The van der Waals surface area contributed by atoms with Gasteiger partial charge in [-0.1, -0.05) is 11.6 Å². The van der Waals surface area contributed by atoms with E-state index in [0.717, 1.165) is 12.1 Å². The zero-order valence-electron chi connectivity index (χ0n) is 16.8. The topological polar surface area (TPSA) is 72.8 Å². The minimum absolute atomic E-state index is 0.228. The van der Waals surface area contributed by atoms with E-state index in [-0.39, 0.29) is 22.9 Å². The second-order valence-corrected chi connectivity index (χ2v) is 10.6. The molecule has 1 saturated heterocycles. The van der Waals surface area contributed by atoms with Crippen molar-refractivity contribution < 1.29 is 45.0 Å². The number of ether oxygens (including phenoxy) is 2. The van der Waals surface area contributed by atoms with Crippen molar-refractivity contribution in [3.05, 3.63) is 58.6 Å². The third kappa shape index (κ3) is 3.88. The molecule has 2 unspecified atom stereocenters. The zero-order chi connectivity index (χ0) is 24.2. The lowest BCUT2D eigenvalue weighted by Gasteiger charge is -2.50. The minimum Gasteiger partial charge on any atom is -0.490 e. The maximum atomic E-state index is 15.2. The summed E-state index contributed by atoms with van der Waals surface area (Å²) in [7, 11) is -4.55. The summed E-state index contributed by atoms with van der Waals surface area (Å²) in [5.74, 6) is -4.06. The van der Waals surface area contributed by atoms with Gasteiger partial charge in [0.1, 0.15) is 10.6 Å². The van der Waals surface area contributed by atoms with Crippen molar-refractivity contribution in [3.8, 4) is 5.75 Å². The summed E-state index contributed by atoms with van der Waals surface area (Å²) in [5, 5.41) is 9.84. The number of alkyl halides is 3. The van der Waals surface area contributed by atoms with Crippen molar-refractivity contribution in [1.82, 2.24) is 0 Å². The van der Waals surface area contributed by atoms with Crippen LogP contribution in [0.3, 0.4) is 0 Å². The average molecular weight is 513 g/mol. The van der Waals surface area contributed by atoms with E-state index < -0.39 is 74.9 Å². The first-order chi connectivity index (χ1) is 15.4. The van der Waals surface area contributed by atoms with E-state index in [2.05, 4.69) is 0 Å². The van der Waals surface area contributed by atoms with E-state index in [1.165, 1.54) is 24.3 Å². The van der Waals surface area contributed by atoms with Gasteiger partial charge in [0.15, 0.2) is 27.5 Å². The van der Waals surface area contributed by atoms with Crippen LogP contribution in [0.4, 0.5) is 22.0 Å². The number of fused-ring (bicyclic) bond motifs is 3. The zero-order valence-corrected chi connectivity index (χ0v) is 18.4. The number of hydrogen-bond donors (Lipinski definition) is 1. The van der Waals surface area contributed by atoms with Crippen molar-refractivity contribution in [1.29, 1.82) is 0 Å². The molecule has 2 aliphatic rings. The van der Waals surface area contributed by atoms with Crippen LogP contribution < -0.4 is 4.74 Å². The lowest BCUT2D eigenvalue weighted by molar-refractivity contribution is -0.219. The first-order valence-corrected chi connectivity index (χ1v) is 11.7. The van der Waals surface area contributed by atoms with Crippen LogP contribution in [0.25, 0.3) is 0 Å². The van der Waals surface area contributed by atoms with Crippen molar-refractivity contribution in [2.75, 3.05) is 13.2 Å². The van der Waals surface area contributed by atoms with Crippen molar-refractivity contribution >= 4 is 21.4 Å². The number of hydrogen-bond acceptors (Lipinski definition) is 5. The number of sulfone groups is 1. The number of aliphatic hydroxyl groups excluding tert-OH is 1.